The fourth-order valence-electron chi connectivity index (χ4n) is 0.987. The maximum absolute atomic E-state index is 5.85. The van der Waals surface area contributed by atoms with Crippen molar-refractivity contribution in [3.63, 3.8) is 0 Å². The lowest BCUT2D eigenvalue weighted by Crippen LogP contribution is -2.04. The Hall–Kier alpha value is -0.600. The van der Waals surface area contributed by atoms with E-state index in [2.05, 4.69) is 10.2 Å². The molecule has 0 saturated heterocycles. The highest BCUT2D eigenvalue weighted by Crippen LogP contribution is 2.36. The van der Waals surface area contributed by atoms with Gasteiger partial charge in [-0.2, -0.15) is 0 Å². The summed E-state index contributed by atoms with van der Waals surface area (Å²) in [4.78, 5) is 0. The summed E-state index contributed by atoms with van der Waals surface area (Å²) >= 11 is 11.6. The second-order valence-corrected chi connectivity index (χ2v) is 3.76. The molecule has 0 N–H and O–H groups in total. The van der Waals surface area contributed by atoms with Gasteiger partial charge in [-0.15, -0.1) is 10.2 Å². The van der Waals surface area contributed by atoms with Gasteiger partial charge in [-0.3, -0.25) is 0 Å². The van der Waals surface area contributed by atoms with Crippen molar-refractivity contribution in [2.45, 2.75) is 11.5 Å². The van der Waals surface area contributed by atoms with Crippen LogP contribution in [-0.4, -0.2) is 5.12 Å². The molecule has 0 saturated carbocycles. The van der Waals surface area contributed by atoms with Crippen LogP contribution in [0.3, 0.4) is 0 Å². The number of benzene rings is 1. The van der Waals surface area contributed by atoms with Gasteiger partial charge >= 0.3 is 0 Å². The minimum atomic E-state index is -0.673. The highest BCUT2D eigenvalue weighted by Gasteiger charge is 2.37. The summed E-state index contributed by atoms with van der Waals surface area (Å²) in [6.45, 7) is 0. The second kappa shape index (κ2) is 2.71. The first kappa shape index (κ1) is 8.02. The highest BCUT2D eigenvalue weighted by atomic mass is 35.5. The summed E-state index contributed by atoms with van der Waals surface area (Å²) in [5.74, 6) is 0. The summed E-state index contributed by atoms with van der Waals surface area (Å²) in [5.41, 5.74) is 1.10. The Balaban J connectivity index is 2.09. The van der Waals surface area contributed by atoms with Crippen molar-refractivity contribution in [3.8, 4) is 0 Å². The molecule has 0 unspecified atom stereocenters. The van der Waals surface area contributed by atoms with Gasteiger partial charge in [0.25, 0.3) is 5.12 Å². The second-order valence-electron chi connectivity index (χ2n) is 2.72. The van der Waals surface area contributed by atoms with Crippen molar-refractivity contribution in [1.29, 1.82) is 0 Å². The molecule has 0 atom stereocenters. The Morgan fingerprint density at radius 3 is 2.25 bits per heavy atom. The van der Waals surface area contributed by atoms with Crippen molar-refractivity contribution < 1.29 is 0 Å². The topological polar surface area (TPSA) is 24.7 Å². The molecule has 0 radical (unpaired) electrons. The molecular weight excluding hydrogens is 195 g/mol. The molecule has 0 fully saturated rings. The zero-order valence-electron chi connectivity index (χ0n) is 6.17. The number of nitrogens with zero attached hydrogens (tertiary/aromatic N) is 2. The maximum atomic E-state index is 5.85. The normalized spacial score (nSPS) is 17.8. The number of hydrogen-bond acceptors (Lipinski definition) is 2. The van der Waals surface area contributed by atoms with Gasteiger partial charge in [-0.1, -0.05) is 35.3 Å². The largest absolute Gasteiger partial charge is 0.267 e. The summed E-state index contributed by atoms with van der Waals surface area (Å²) in [6, 6.07) is 7.52. The standard InChI is InChI=1S/C8H6Cl2N2/c9-7-3-1-6(2-4-7)5-8(10)11-12-8/h1-4H,5H2. The Morgan fingerprint density at radius 1 is 1.17 bits per heavy atom. The summed E-state index contributed by atoms with van der Waals surface area (Å²) in [5, 5.41) is 7.47. The van der Waals surface area contributed by atoms with E-state index in [1.807, 2.05) is 24.3 Å². The lowest BCUT2D eigenvalue weighted by atomic mass is 10.1. The van der Waals surface area contributed by atoms with Gasteiger partial charge in [-0.05, 0) is 17.7 Å². The Labute approximate surface area is 80.2 Å². The monoisotopic (exact) mass is 200 g/mol. The van der Waals surface area contributed by atoms with Crippen LogP contribution in [0.1, 0.15) is 5.56 Å². The van der Waals surface area contributed by atoms with Gasteiger partial charge in [0.1, 0.15) is 0 Å². The molecule has 2 nitrogen and oxygen atoms in total. The van der Waals surface area contributed by atoms with Crippen LogP contribution < -0.4 is 0 Å². The summed E-state index contributed by atoms with van der Waals surface area (Å²) in [6.07, 6.45) is 0.645. The lowest BCUT2D eigenvalue weighted by molar-refractivity contribution is 0.824. The molecule has 1 aliphatic heterocycles. The van der Waals surface area contributed by atoms with Gasteiger partial charge in [0, 0.05) is 11.4 Å². The van der Waals surface area contributed by atoms with Crippen LogP contribution in [0, 0.1) is 0 Å². The zero-order valence-corrected chi connectivity index (χ0v) is 7.68. The van der Waals surface area contributed by atoms with E-state index in [1.165, 1.54) is 0 Å². The third-order valence-corrected chi connectivity index (χ3v) is 2.20. The third-order valence-electron chi connectivity index (χ3n) is 1.66. The molecule has 0 spiro atoms. The van der Waals surface area contributed by atoms with Gasteiger partial charge in [0.2, 0.25) is 0 Å². The van der Waals surface area contributed by atoms with E-state index in [1.54, 1.807) is 0 Å². The summed E-state index contributed by atoms with van der Waals surface area (Å²) < 4.78 is 0. The molecule has 1 aliphatic rings. The van der Waals surface area contributed by atoms with E-state index in [0.29, 0.717) is 6.42 Å². The van der Waals surface area contributed by atoms with E-state index in [9.17, 15) is 0 Å². The molecule has 0 bridgehead atoms. The van der Waals surface area contributed by atoms with Crippen molar-refractivity contribution in [3.05, 3.63) is 34.9 Å². The Morgan fingerprint density at radius 2 is 1.75 bits per heavy atom. The predicted octanol–water partition coefficient (Wildman–Crippen LogP) is 3.24. The van der Waals surface area contributed by atoms with E-state index < -0.39 is 5.12 Å². The lowest BCUT2D eigenvalue weighted by Gasteiger charge is -2.01. The van der Waals surface area contributed by atoms with Crippen LogP contribution in [0.15, 0.2) is 34.5 Å². The van der Waals surface area contributed by atoms with E-state index in [0.717, 1.165) is 10.6 Å². The third kappa shape index (κ3) is 1.76. The molecular formula is C8H6Cl2N2. The van der Waals surface area contributed by atoms with Gasteiger partial charge in [0.05, 0.1) is 0 Å². The molecule has 1 aromatic carbocycles. The van der Waals surface area contributed by atoms with Crippen molar-refractivity contribution in [2.24, 2.45) is 10.2 Å². The Bertz CT molecular complexity index is 312. The molecule has 1 aromatic rings. The fraction of sp³-hybridized carbons (Fsp3) is 0.250. The van der Waals surface area contributed by atoms with Crippen LogP contribution >= 0.6 is 23.2 Å². The smallest absolute Gasteiger partial charge is 0.140 e. The first-order valence-electron chi connectivity index (χ1n) is 3.55. The van der Waals surface area contributed by atoms with Gasteiger partial charge in [-0.25, -0.2) is 0 Å². The molecule has 2 rings (SSSR count). The average Bonchev–Trinajstić information content (AvgIpc) is 2.74. The molecule has 4 heteroatoms. The highest BCUT2D eigenvalue weighted by molar-refractivity contribution is 6.30. The number of halogens is 2. The molecule has 0 aliphatic carbocycles. The summed E-state index contributed by atoms with van der Waals surface area (Å²) in [7, 11) is 0. The van der Waals surface area contributed by atoms with Gasteiger partial charge in [0.15, 0.2) is 0 Å². The quantitative estimate of drug-likeness (QED) is 0.518. The van der Waals surface area contributed by atoms with E-state index in [4.69, 9.17) is 23.2 Å². The zero-order chi connectivity index (χ0) is 8.60. The first-order chi connectivity index (χ1) is 5.68. The number of hydrogen-bond donors (Lipinski definition) is 0. The van der Waals surface area contributed by atoms with Crippen LogP contribution in [0.5, 0.6) is 0 Å². The molecule has 12 heavy (non-hydrogen) atoms. The molecule has 0 amide bonds. The van der Waals surface area contributed by atoms with Crippen LogP contribution in [-0.2, 0) is 6.42 Å². The molecule has 1 heterocycles. The van der Waals surface area contributed by atoms with Gasteiger partial charge < -0.3 is 0 Å². The van der Waals surface area contributed by atoms with Crippen molar-refractivity contribution >= 4 is 23.2 Å². The predicted molar refractivity (Wildman–Crippen MR) is 48.6 cm³/mol. The minimum Gasteiger partial charge on any atom is -0.140 e. The van der Waals surface area contributed by atoms with E-state index >= 15 is 0 Å². The number of rotatable bonds is 2. The maximum Gasteiger partial charge on any atom is 0.267 e. The number of alkyl halides is 1. The Kier molecular flexibility index (Phi) is 1.81. The average molecular weight is 201 g/mol. The minimum absolute atomic E-state index is 0.645. The molecule has 0 aromatic heterocycles. The van der Waals surface area contributed by atoms with E-state index in [-0.39, 0.29) is 0 Å². The van der Waals surface area contributed by atoms with Crippen LogP contribution in [0.4, 0.5) is 0 Å². The molecule has 62 valence electrons. The first-order valence-corrected chi connectivity index (χ1v) is 4.31. The fourth-order valence-corrected chi connectivity index (χ4v) is 1.31. The van der Waals surface area contributed by atoms with Crippen molar-refractivity contribution in [2.75, 3.05) is 0 Å². The van der Waals surface area contributed by atoms with Crippen LogP contribution in [0.2, 0.25) is 5.02 Å². The van der Waals surface area contributed by atoms with Crippen molar-refractivity contribution in [1.82, 2.24) is 0 Å². The SMILES string of the molecule is Clc1ccc(CC2(Cl)N=N2)cc1. The van der Waals surface area contributed by atoms with Crippen LogP contribution in [0.25, 0.3) is 0 Å².